The van der Waals surface area contributed by atoms with E-state index in [1.807, 2.05) is 18.2 Å². The van der Waals surface area contributed by atoms with Crippen molar-refractivity contribution in [3.8, 4) is 0 Å². The third-order valence-corrected chi connectivity index (χ3v) is 4.33. The lowest BCUT2D eigenvalue weighted by molar-refractivity contribution is 0.101. The number of benzene rings is 2. The number of anilines is 1. The van der Waals surface area contributed by atoms with Gasteiger partial charge >= 0.3 is 0 Å². The molecule has 1 N–H and O–H groups in total. The van der Waals surface area contributed by atoms with Gasteiger partial charge in [-0.1, -0.05) is 39.1 Å². The molecule has 0 atom stereocenters. The predicted octanol–water partition coefficient (Wildman–Crippen LogP) is 5.77. The highest BCUT2D eigenvalue weighted by Crippen LogP contribution is 2.35. The van der Waals surface area contributed by atoms with Crippen LogP contribution in [0.15, 0.2) is 45.3 Å². The van der Waals surface area contributed by atoms with Gasteiger partial charge in [-0.15, -0.1) is 0 Å². The number of halogens is 3. The standard InChI is InChI=1S/C16H10BrCl2NO2/c1-20-14-11-4-2-8(17)6-13(11)22-16(14)15(21)10-5-3-9(18)7-12(10)19/h2-7,20H,1H3. The van der Waals surface area contributed by atoms with E-state index in [2.05, 4.69) is 21.2 Å². The first-order chi connectivity index (χ1) is 10.5. The minimum atomic E-state index is -0.293. The number of hydrogen-bond acceptors (Lipinski definition) is 3. The maximum atomic E-state index is 12.7. The van der Waals surface area contributed by atoms with Crippen LogP contribution in [0.2, 0.25) is 10.0 Å². The maximum Gasteiger partial charge on any atom is 0.231 e. The Morgan fingerprint density at radius 2 is 1.95 bits per heavy atom. The third kappa shape index (κ3) is 2.62. The zero-order valence-electron chi connectivity index (χ0n) is 11.4. The summed E-state index contributed by atoms with van der Waals surface area (Å²) in [4.78, 5) is 12.7. The zero-order valence-corrected chi connectivity index (χ0v) is 14.5. The highest BCUT2D eigenvalue weighted by Gasteiger charge is 2.23. The van der Waals surface area contributed by atoms with Gasteiger partial charge in [-0.05, 0) is 36.4 Å². The molecule has 0 aliphatic carbocycles. The molecule has 3 rings (SSSR count). The van der Waals surface area contributed by atoms with Crippen LogP contribution in [0.4, 0.5) is 5.69 Å². The highest BCUT2D eigenvalue weighted by molar-refractivity contribution is 9.10. The summed E-state index contributed by atoms with van der Waals surface area (Å²) in [6, 6.07) is 10.3. The van der Waals surface area contributed by atoms with Gasteiger partial charge in [0.2, 0.25) is 5.78 Å². The molecule has 0 saturated heterocycles. The van der Waals surface area contributed by atoms with E-state index in [4.69, 9.17) is 27.6 Å². The van der Waals surface area contributed by atoms with Crippen molar-refractivity contribution >= 4 is 61.6 Å². The number of carbonyl (C=O) groups is 1. The lowest BCUT2D eigenvalue weighted by atomic mass is 10.1. The van der Waals surface area contributed by atoms with E-state index in [0.717, 1.165) is 9.86 Å². The minimum absolute atomic E-state index is 0.222. The van der Waals surface area contributed by atoms with E-state index in [-0.39, 0.29) is 11.5 Å². The number of carbonyl (C=O) groups excluding carboxylic acids is 1. The van der Waals surface area contributed by atoms with Crippen LogP contribution in [0.3, 0.4) is 0 Å². The van der Waals surface area contributed by atoms with Gasteiger partial charge in [0.15, 0.2) is 5.76 Å². The minimum Gasteiger partial charge on any atom is -0.450 e. The lowest BCUT2D eigenvalue weighted by Crippen LogP contribution is -2.04. The molecule has 0 radical (unpaired) electrons. The molecule has 3 nitrogen and oxygen atoms in total. The van der Waals surface area contributed by atoms with E-state index in [9.17, 15) is 4.79 Å². The summed E-state index contributed by atoms with van der Waals surface area (Å²) in [6.45, 7) is 0. The number of furan rings is 1. The van der Waals surface area contributed by atoms with Gasteiger partial charge < -0.3 is 9.73 Å². The molecule has 22 heavy (non-hydrogen) atoms. The maximum absolute atomic E-state index is 12.7. The molecule has 0 saturated carbocycles. The molecule has 0 fully saturated rings. The summed E-state index contributed by atoms with van der Waals surface area (Å²) >= 11 is 15.4. The molecule has 3 aromatic rings. The molecular formula is C16H10BrCl2NO2. The van der Waals surface area contributed by atoms with Crippen LogP contribution in [0.25, 0.3) is 11.0 Å². The van der Waals surface area contributed by atoms with E-state index < -0.39 is 0 Å². The molecule has 2 aromatic carbocycles. The molecule has 0 aliphatic heterocycles. The van der Waals surface area contributed by atoms with Crippen LogP contribution in [-0.4, -0.2) is 12.8 Å². The second-order valence-corrected chi connectivity index (χ2v) is 6.41. The Labute approximate surface area is 145 Å². The van der Waals surface area contributed by atoms with Crippen LogP contribution in [0, 0.1) is 0 Å². The predicted molar refractivity (Wildman–Crippen MR) is 93.4 cm³/mol. The number of rotatable bonds is 3. The Hall–Kier alpha value is -1.49. The van der Waals surface area contributed by atoms with Gasteiger partial charge in [0, 0.05) is 27.5 Å². The first-order valence-electron chi connectivity index (χ1n) is 6.41. The summed E-state index contributed by atoms with van der Waals surface area (Å²) in [5.74, 6) is -0.0711. The Morgan fingerprint density at radius 1 is 1.18 bits per heavy atom. The molecule has 0 unspecified atom stereocenters. The molecule has 0 amide bonds. The van der Waals surface area contributed by atoms with Gasteiger partial charge in [0.1, 0.15) is 5.58 Å². The Bertz CT molecular complexity index is 889. The summed E-state index contributed by atoms with van der Waals surface area (Å²) < 4.78 is 6.61. The zero-order chi connectivity index (χ0) is 15.9. The first-order valence-corrected chi connectivity index (χ1v) is 7.95. The third-order valence-electron chi connectivity index (χ3n) is 3.28. The molecule has 0 aliphatic rings. The molecule has 0 spiro atoms. The number of fused-ring (bicyclic) bond motifs is 1. The smallest absolute Gasteiger partial charge is 0.231 e. The number of hydrogen-bond donors (Lipinski definition) is 1. The normalized spacial score (nSPS) is 10.9. The van der Waals surface area contributed by atoms with Crippen molar-refractivity contribution in [2.24, 2.45) is 0 Å². The fourth-order valence-electron chi connectivity index (χ4n) is 2.27. The van der Waals surface area contributed by atoms with Crippen molar-refractivity contribution in [1.29, 1.82) is 0 Å². The second kappa shape index (κ2) is 5.95. The highest BCUT2D eigenvalue weighted by atomic mass is 79.9. The van der Waals surface area contributed by atoms with Crippen molar-refractivity contribution in [3.63, 3.8) is 0 Å². The Balaban J connectivity index is 2.18. The fraction of sp³-hybridized carbons (Fsp3) is 0.0625. The van der Waals surface area contributed by atoms with Crippen molar-refractivity contribution in [2.75, 3.05) is 12.4 Å². The molecule has 0 bridgehead atoms. The SMILES string of the molecule is CNc1c(C(=O)c2ccc(Cl)cc2Cl)oc2cc(Br)ccc12. The molecule has 1 aromatic heterocycles. The van der Waals surface area contributed by atoms with Crippen molar-refractivity contribution < 1.29 is 9.21 Å². The fourth-order valence-corrected chi connectivity index (χ4v) is 3.11. The largest absolute Gasteiger partial charge is 0.450 e. The van der Waals surface area contributed by atoms with Gasteiger partial charge in [-0.25, -0.2) is 0 Å². The summed E-state index contributed by atoms with van der Waals surface area (Å²) in [5.41, 5.74) is 1.60. The average Bonchev–Trinajstić information content (AvgIpc) is 2.84. The lowest BCUT2D eigenvalue weighted by Gasteiger charge is -2.04. The average molecular weight is 399 g/mol. The second-order valence-electron chi connectivity index (χ2n) is 4.65. The van der Waals surface area contributed by atoms with Gasteiger partial charge in [-0.2, -0.15) is 0 Å². The monoisotopic (exact) mass is 397 g/mol. The van der Waals surface area contributed by atoms with Gasteiger partial charge in [0.25, 0.3) is 0 Å². The molecule has 6 heteroatoms. The molecular weight excluding hydrogens is 389 g/mol. The molecule has 1 heterocycles. The van der Waals surface area contributed by atoms with Crippen LogP contribution < -0.4 is 5.32 Å². The van der Waals surface area contributed by atoms with Gasteiger partial charge in [0.05, 0.1) is 10.7 Å². The van der Waals surface area contributed by atoms with Crippen LogP contribution in [0.1, 0.15) is 16.1 Å². The summed E-state index contributed by atoms with van der Waals surface area (Å²) in [6.07, 6.45) is 0. The van der Waals surface area contributed by atoms with Crippen LogP contribution in [0.5, 0.6) is 0 Å². The summed E-state index contributed by atoms with van der Waals surface area (Å²) in [7, 11) is 1.74. The van der Waals surface area contributed by atoms with Gasteiger partial charge in [-0.3, -0.25) is 4.79 Å². The Kier molecular flexibility index (Phi) is 4.17. The number of ketones is 1. The van der Waals surface area contributed by atoms with E-state index in [0.29, 0.717) is 26.9 Å². The molecule has 112 valence electrons. The Morgan fingerprint density at radius 3 is 2.64 bits per heavy atom. The van der Waals surface area contributed by atoms with E-state index in [1.165, 1.54) is 6.07 Å². The topological polar surface area (TPSA) is 42.2 Å². The van der Waals surface area contributed by atoms with Crippen LogP contribution >= 0.6 is 39.1 Å². The van der Waals surface area contributed by atoms with E-state index >= 15 is 0 Å². The number of nitrogens with one attached hydrogen (secondary N) is 1. The quantitative estimate of drug-likeness (QED) is 0.569. The van der Waals surface area contributed by atoms with Crippen molar-refractivity contribution in [3.05, 3.63) is 62.2 Å². The first kappa shape index (κ1) is 15.4. The van der Waals surface area contributed by atoms with E-state index in [1.54, 1.807) is 19.2 Å². The van der Waals surface area contributed by atoms with Crippen LogP contribution in [-0.2, 0) is 0 Å². The summed E-state index contributed by atoms with van der Waals surface area (Å²) in [5, 5.41) is 4.62. The van der Waals surface area contributed by atoms with Crippen molar-refractivity contribution in [1.82, 2.24) is 0 Å². The van der Waals surface area contributed by atoms with Crippen molar-refractivity contribution in [2.45, 2.75) is 0 Å².